The molecule has 0 aromatic heterocycles. The molecule has 0 rings (SSSR count). The smallest absolute Gasteiger partial charge is 0.316 e. The van der Waals surface area contributed by atoms with E-state index in [0.29, 0.717) is 13.2 Å². The minimum absolute atomic E-state index is 0.211. The van der Waals surface area contributed by atoms with Gasteiger partial charge in [-0.05, 0) is 0 Å². The Labute approximate surface area is 66.1 Å². The molecule has 0 atom stereocenters. The molecule has 5 heteroatoms. The largest absolute Gasteiger partial charge is 0.382 e. The van der Waals surface area contributed by atoms with Crippen LogP contribution in [0.25, 0.3) is 0 Å². The van der Waals surface area contributed by atoms with E-state index < -0.39 is 0 Å². The topological polar surface area (TPSA) is 59.6 Å². The number of carbonyl (C=O) groups is 1. The first kappa shape index (κ1) is 10.2. The van der Waals surface area contributed by atoms with E-state index in [0.717, 1.165) is 0 Å². The van der Waals surface area contributed by atoms with Crippen LogP contribution in [-0.2, 0) is 9.47 Å². The molecular weight excluding hydrogens is 148 g/mol. The molecule has 0 aliphatic rings. The predicted molar refractivity (Wildman–Crippen MR) is 40.3 cm³/mol. The standard InChI is InChI=1S/C6H14N2O3/c1-7-6(9)8-5-11-4-3-10-2/h3-5H2,1-2H3,(H2,7,8,9). The molecule has 0 saturated heterocycles. The van der Waals surface area contributed by atoms with Crippen LogP contribution < -0.4 is 10.6 Å². The van der Waals surface area contributed by atoms with Crippen LogP contribution in [0.15, 0.2) is 0 Å². The minimum atomic E-state index is -0.248. The molecule has 0 fully saturated rings. The first-order valence-corrected chi connectivity index (χ1v) is 3.33. The highest BCUT2D eigenvalue weighted by Gasteiger charge is 1.92. The van der Waals surface area contributed by atoms with Crippen molar-refractivity contribution in [2.24, 2.45) is 0 Å². The zero-order chi connectivity index (χ0) is 8.53. The van der Waals surface area contributed by atoms with Crippen molar-refractivity contribution in [2.45, 2.75) is 0 Å². The Balaban J connectivity index is 2.95. The fourth-order valence-electron chi connectivity index (χ4n) is 0.419. The van der Waals surface area contributed by atoms with Crippen LogP contribution >= 0.6 is 0 Å². The second-order valence-electron chi connectivity index (χ2n) is 1.80. The molecule has 0 saturated carbocycles. The van der Waals surface area contributed by atoms with Crippen LogP contribution in [0.1, 0.15) is 0 Å². The van der Waals surface area contributed by atoms with Crippen molar-refractivity contribution in [1.82, 2.24) is 10.6 Å². The third-order valence-electron chi connectivity index (χ3n) is 0.994. The summed E-state index contributed by atoms with van der Waals surface area (Å²) in [5.41, 5.74) is 0. The Bertz CT molecular complexity index is 108. The number of ether oxygens (including phenoxy) is 2. The van der Waals surface area contributed by atoms with Crippen molar-refractivity contribution in [3.8, 4) is 0 Å². The minimum Gasteiger partial charge on any atom is -0.382 e. The molecule has 0 heterocycles. The number of hydrogen-bond donors (Lipinski definition) is 2. The number of methoxy groups -OCH3 is 1. The third-order valence-corrected chi connectivity index (χ3v) is 0.994. The van der Waals surface area contributed by atoms with Crippen LogP contribution in [0, 0.1) is 0 Å². The lowest BCUT2D eigenvalue weighted by molar-refractivity contribution is 0.0644. The van der Waals surface area contributed by atoms with E-state index >= 15 is 0 Å². The first-order valence-electron chi connectivity index (χ1n) is 3.33. The molecule has 0 aliphatic heterocycles. The molecule has 5 nitrogen and oxygen atoms in total. The second-order valence-corrected chi connectivity index (χ2v) is 1.80. The molecule has 2 N–H and O–H groups in total. The fourth-order valence-corrected chi connectivity index (χ4v) is 0.419. The number of nitrogens with one attached hydrogen (secondary N) is 2. The lowest BCUT2D eigenvalue weighted by Gasteiger charge is -2.04. The lowest BCUT2D eigenvalue weighted by atomic mass is 10.8. The number of carbonyl (C=O) groups excluding carboxylic acids is 1. The zero-order valence-electron chi connectivity index (χ0n) is 6.85. The van der Waals surface area contributed by atoms with Crippen LogP contribution in [0.5, 0.6) is 0 Å². The van der Waals surface area contributed by atoms with E-state index in [1.54, 1.807) is 14.2 Å². The van der Waals surface area contributed by atoms with E-state index in [2.05, 4.69) is 10.6 Å². The van der Waals surface area contributed by atoms with Gasteiger partial charge in [0.2, 0.25) is 0 Å². The van der Waals surface area contributed by atoms with Crippen molar-refractivity contribution in [3.63, 3.8) is 0 Å². The number of hydrogen-bond acceptors (Lipinski definition) is 3. The monoisotopic (exact) mass is 162 g/mol. The van der Waals surface area contributed by atoms with Gasteiger partial charge in [-0.25, -0.2) is 4.79 Å². The summed E-state index contributed by atoms with van der Waals surface area (Å²) in [5, 5.41) is 4.86. The zero-order valence-corrected chi connectivity index (χ0v) is 6.85. The van der Waals surface area contributed by atoms with E-state index in [1.165, 1.54) is 0 Å². The lowest BCUT2D eigenvalue weighted by Crippen LogP contribution is -2.34. The maximum absolute atomic E-state index is 10.5. The van der Waals surface area contributed by atoms with E-state index in [9.17, 15) is 4.79 Å². The molecule has 0 bridgehead atoms. The van der Waals surface area contributed by atoms with Gasteiger partial charge in [0.05, 0.1) is 13.2 Å². The van der Waals surface area contributed by atoms with Crippen LogP contribution in [0.2, 0.25) is 0 Å². The Morgan fingerprint density at radius 2 is 2.18 bits per heavy atom. The van der Waals surface area contributed by atoms with Crippen LogP contribution in [0.3, 0.4) is 0 Å². The van der Waals surface area contributed by atoms with Gasteiger partial charge < -0.3 is 20.1 Å². The van der Waals surface area contributed by atoms with Crippen molar-refractivity contribution in [1.29, 1.82) is 0 Å². The van der Waals surface area contributed by atoms with Gasteiger partial charge in [-0.3, -0.25) is 0 Å². The molecule has 0 spiro atoms. The average Bonchev–Trinajstić information content (AvgIpc) is 2.04. The molecule has 0 aromatic rings. The number of rotatable bonds is 5. The van der Waals surface area contributed by atoms with Gasteiger partial charge in [-0.1, -0.05) is 0 Å². The van der Waals surface area contributed by atoms with Gasteiger partial charge in [0.25, 0.3) is 0 Å². The summed E-state index contributed by atoms with van der Waals surface area (Å²) in [6.07, 6.45) is 0. The summed E-state index contributed by atoms with van der Waals surface area (Å²) in [7, 11) is 3.14. The summed E-state index contributed by atoms with van der Waals surface area (Å²) in [5.74, 6) is 0. The number of urea groups is 1. The summed E-state index contributed by atoms with van der Waals surface area (Å²) in [6, 6.07) is -0.248. The van der Waals surface area contributed by atoms with Gasteiger partial charge in [0, 0.05) is 14.2 Å². The number of amides is 2. The predicted octanol–water partition coefficient (Wildman–Crippen LogP) is -0.464. The summed E-state index contributed by atoms with van der Waals surface area (Å²) < 4.78 is 9.67. The van der Waals surface area contributed by atoms with Gasteiger partial charge >= 0.3 is 6.03 Å². The Kier molecular flexibility index (Phi) is 6.76. The summed E-state index contributed by atoms with van der Waals surface area (Å²) >= 11 is 0. The quantitative estimate of drug-likeness (QED) is 0.424. The highest BCUT2D eigenvalue weighted by Crippen LogP contribution is 1.72. The summed E-state index contributed by atoms with van der Waals surface area (Å²) in [4.78, 5) is 10.5. The van der Waals surface area contributed by atoms with Crippen LogP contribution in [0.4, 0.5) is 4.79 Å². The SMILES string of the molecule is CNC(=O)NCOCCOC. The van der Waals surface area contributed by atoms with Gasteiger partial charge in [-0.15, -0.1) is 0 Å². The molecular formula is C6H14N2O3. The maximum Gasteiger partial charge on any atom is 0.316 e. The second kappa shape index (κ2) is 7.30. The highest BCUT2D eigenvalue weighted by atomic mass is 16.5. The average molecular weight is 162 g/mol. The van der Waals surface area contributed by atoms with Gasteiger partial charge in [-0.2, -0.15) is 0 Å². The highest BCUT2D eigenvalue weighted by molar-refractivity contribution is 5.73. The molecule has 0 unspecified atom stereocenters. The van der Waals surface area contributed by atoms with Crippen molar-refractivity contribution < 1.29 is 14.3 Å². The molecule has 0 radical (unpaired) electrons. The van der Waals surface area contributed by atoms with Crippen molar-refractivity contribution in [2.75, 3.05) is 34.1 Å². The van der Waals surface area contributed by atoms with Crippen molar-refractivity contribution in [3.05, 3.63) is 0 Å². The summed E-state index contributed by atoms with van der Waals surface area (Å²) in [6.45, 7) is 1.24. The Morgan fingerprint density at radius 3 is 2.73 bits per heavy atom. The fraction of sp³-hybridized carbons (Fsp3) is 0.833. The van der Waals surface area contributed by atoms with E-state index in [1.807, 2.05) is 0 Å². The van der Waals surface area contributed by atoms with Crippen LogP contribution in [-0.4, -0.2) is 40.1 Å². The Morgan fingerprint density at radius 1 is 1.45 bits per heavy atom. The molecule has 11 heavy (non-hydrogen) atoms. The van der Waals surface area contributed by atoms with Gasteiger partial charge in [0.1, 0.15) is 6.73 Å². The Hall–Kier alpha value is -0.810. The van der Waals surface area contributed by atoms with E-state index in [4.69, 9.17) is 9.47 Å². The van der Waals surface area contributed by atoms with Gasteiger partial charge in [0.15, 0.2) is 0 Å². The molecule has 66 valence electrons. The first-order chi connectivity index (χ1) is 5.31. The molecule has 2 amide bonds. The maximum atomic E-state index is 10.5. The molecule has 0 aromatic carbocycles. The normalized spacial score (nSPS) is 9.27. The molecule has 0 aliphatic carbocycles. The third kappa shape index (κ3) is 7.08. The van der Waals surface area contributed by atoms with Crippen molar-refractivity contribution >= 4 is 6.03 Å². The van der Waals surface area contributed by atoms with E-state index in [-0.39, 0.29) is 12.8 Å².